The highest BCUT2D eigenvalue weighted by molar-refractivity contribution is 4.75. The Kier molecular flexibility index (Phi) is 0.333. The summed E-state index contributed by atoms with van der Waals surface area (Å²) in [6, 6.07) is 0.174. The van der Waals surface area contributed by atoms with Gasteiger partial charge in [-0.25, -0.2) is 0 Å². The third kappa shape index (κ3) is 0.407. The maximum atomic E-state index is 6.97. The molecule has 0 unspecified atom stereocenters. The van der Waals surface area contributed by atoms with Crippen LogP contribution in [0.3, 0.4) is 0 Å². The number of aromatic nitrogens is 2. The van der Waals surface area contributed by atoms with Crippen molar-refractivity contribution in [3.63, 3.8) is 0 Å². The fraction of sp³-hybridized carbons (Fsp3) is 0.250. The summed E-state index contributed by atoms with van der Waals surface area (Å²) in [6.45, 7) is 0. The molecule has 0 N–H and O–H groups in total. The van der Waals surface area contributed by atoms with Gasteiger partial charge in [-0.2, -0.15) is 5.10 Å². The molecule has 2 heteroatoms. The van der Waals surface area contributed by atoms with Gasteiger partial charge in [0.1, 0.15) is 0 Å². The van der Waals surface area contributed by atoms with E-state index in [1.807, 2.05) is 0 Å². The lowest BCUT2D eigenvalue weighted by atomic mass is 10.8. The van der Waals surface area contributed by atoms with Gasteiger partial charge in [-0.05, 0) is 6.04 Å². The van der Waals surface area contributed by atoms with E-state index in [4.69, 9.17) is 2.74 Å². The molecule has 1 rings (SSSR count). The summed E-state index contributed by atoms with van der Waals surface area (Å²) in [5.74, 6) is 0. The summed E-state index contributed by atoms with van der Waals surface area (Å²) in [6.07, 6.45) is 1.52. The zero-order valence-electron chi connectivity index (χ0n) is 5.47. The van der Waals surface area contributed by atoms with E-state index in [1.165, 1.54) is 10.9 Å². The van der Waals surface area contributed by atoms with Gasteiger partial charge in [-0.15, -0.1) is 0 Å². The second-order valence-electron chi connectivity index (χ2n) is 1.06. The van der Waals surface area contributed by atoms with Crippen molar-refractivity contribution in [1.29, 1.82) is 0 Å². The quantitative estimate of drug-likeness (QED) is 0.445. The van der Waals surface area contributed by atoms with Crippen LogP contribution in [0.15, 0.2) is 18.4 Å². The van der Waals surface area contributed by atoms with Gasteiger partial charge in [-0.3, -0.25) is 4.68 Å². The summed E-state index contributed by atoms with van der Waals surface area (Å²) >= 11 is 0. The Morgan fingerprint density at radius 2 is 2.83 bits per heavy atom. The topological polar surface area (TPSA) is 17.8 Å². The van der Waals surface area contributed by atoms with Crippen molar-refractivity contribution in [2.75, 3.05) is 0 Å². The fourth-order valence-corrected chi connectivity index (χ4v) is 0.259. The third-order valence-corrected chi connectivity index (χ3v) is 0.524. The number of hydrogen-bond acceptors (Lipinski definition) is 1. The van der Waals surface area contributed by atoms with Gasteiger partial charge in [0.2, 0.25) is 0 Å². The van der Waals surface area contributed by atoms with E-state index in [1.54, 1.807) is 7.05 Å². The first-order valence-electron chi connectivity index (χ1n) is 2.67. The SMILES string of the molecule is [2H]c1cn(C)nc1[2H]. The van der Waals surface area contributed by atoms with E-state index in [0.29, 0.717) is 0 Å². The van der Waals surface area contributed by atoms with Crippen molar-refractivity contribution in [3.8, 4) is 0 Å². The first kappa shape index (κ1) is 1.78. The number of rotatable bonds is 0. The molecule has 0 aliphatic heterocycles. The predicted octanol–water partition coefficient (Wildman–Crippen LogP) is 0.420. The van der Waals surface area contributed by atoms with Crippen LogP contribution in [0.1, 0.15) is 2.74 Å². The molecule has 1 aromatic rings. The highest BCUT2D eigenvalue weighted by Gasteiger charge is 1.69. The highest BCUT2D eigenvalue weighted by atomic mass is 15.2. The van der Waals surface area contributed by atoms with Crippen molar-refractivity contribution in [2.24, 2.45) is 7.05 Å². The lowest BCUT2D eigenvalue weighted by molar-refractivity contribution is 0.768. The molecule has 0 radical (unpaired) electrons. The summed E-state index contributed by atoms with van der Waals surface area (Å²) in [5.41, 5.74) is 0. The Morgan fingerprint density at radius 1 is 2.00 bits per heavy atom. The van der Waals surface area contributed by atoms with Crippen LogP contribution in [0.4, 0.5) is 0 Å². The Morgan fingerprint density at radius 3 is 3.00 bits per heavy atom. The van der Waals surface area contributed by atoms with E-state index in [0.717, 1.165) is 0 Å². The molecule has 0 aliphatic carbocycles. The first-order chi connectivity index (χ1) is 3.70. The standard InChI is InChI=1S/C4H6N2/c1-6-4-2-3-5-6/h2-4H,1H3/i2D,3D. The summed E-state index contributed by atoms with van der Waals surface area (Å²) in [5, 5.41) is 3.61. The largest absolute Gasteiger partial charge is 0.276 e. The van der Waals surface area contributed by atoms with Crippen LogP contribution in [0.25, 0.3) is 0 Å². The molecule has 0 aromatic carbocycles. The van der Waals surface area contributed by atoms with E-state index in [2.05, 4.69) is 5.10 Å². The molecule has 0 fully saturated rings. The van der Waals surface area contributed by atoms with Gasteiger partial charge in [0.15, 0.2) is 0 Å². The van der Waals surface area contributed by atoms with Crippen LogP contribution in [-0.4, -0.2) is 9.78 Å². The second-order valence-corrected chi connectivity index (χ2v) is 1.06. The maximum Gasteiger partial charge on any atom is 0.0860 e. The molecular formula is C4H6N2. The normalized spacial score (nSPS) is 13.5. The minimum Gasteiger partial charge on any atom is -0.276 e. The van der Waals surface area contributed by atoms with Crippen molar-refractivity contribution >= 4 is 0 Å². The van der Waals surface area contributed by atoms with Crippen LogP contribution >= 0.6 is 0 Å². The fourth-order valence-electron chi connectivity index (χ4n) is 0.259. The van der Waals surface area contributed by atoms with E-state index in [9.17, 15) is 0 Å². The minimum absolute atomic E-state index is 0.0347. The van der Waals surface area contributed by atoms with Gasteiger partial charge < -0.3 is 0 Å². The Bertz CT molecular complexity index is 174. The Labute approximate surface area is 39.2 Å². The van der Waals surface area contributed by atoms with Crippen molar-refractivity contribution in [3.05, 3.63) is 18.4 Å². The predicted molar refractivity (Wildman–Crippen MR) is 23.2 cm³/mol. The second kappa shape index (κ2) is 1.12. The van der Waals surface area contributed by atoms with Crippen LogP contribution in [0.5, 0.6) is 0 Å². The van der Waals surface area contributed by atoms with Gasteiger partial charge in [0, 0.05) is 19.4 Å². The molecule has 2 nitrogen and oxygen atoms in total. The molecule has 0 atom stereocenters. The Balaban J connectivity index is 3.14. The van der Waals surface area contributed by atoms with E-state index < -0.39 is 0 Å². The third-order valence-electron chi connectivity index (χ3n) is 0.524. The molecule has 1 aromatic heterocycles. The van der Waals surface area contributed by atoms with Crippen LogP contribution < -0.4 is 0 Å². The van der Waals surface area contributed by atoms with Crippen LogP contribution in [0.2, 0.25) is 0 Å². The zero-order valence-corrected chi connectivity index (χ0v) is 3.47. The smallest absolute Gasteiger partial charge is 0.0860 e. The summed E-state index contributed by atoms with van der Waals surface area (Å²) in [7, 11) is 1.69. The summed E-state index contributed by atoms with van der Waals surface area (Å²) in [4.78, 5) is 0. The minimum atomic E-state index is 0.0347. The van der Waals surface area contributed by atoms with Crippen molar-refractivity contribution < 1.29 is 2.74 Å². The number of aryl methyl sites for hydroxylation is 1. The van der Waals surface area contributed by atoms with Gasteiger partial charge in [-0.1, -0.05) is 0 Å². The lowest BCUT2D eigenvalue weighted by Crippen LogP contribution is -1.83. The van der Waals surface area contributed by atoms with Gasteiger partial charge >= 0.3 is 0 Å². The average Bonchev–Trinajstić information content (AvgIpc) is 1.85. The van der Waals surface area contributed by atoms with E-state index in [-0.39, 0.29) is 12.2 Å². The molecule has 1 heterocycles. The van der Waals surface area contributed by atoms with Crippen molar-refractivity contribution in [1.82, 2.24) is 9.78 Å². The molecular weight excluding hydrogens is 76.1 g/mol. The molecule has 32 valence electrons. The first-order valence-corrected chi connectivity index (χ1v) is 1.67. The maximum absolute atomic E-state index is 6.97. The molecule has 6 heavy (non-hydrogen) atoms. The monoisotopic (exact) mass is 84.1 g/mol. The molecule has 0 bridgehead atoms. The highest BCUT2D eigenvalue weighted by Crippen LogP contribution is 1.73. The Hall–Kier alpha value is -0.790. The zero-order chi connectivity index (χ0) is 6.15. The van der Waals surface area contributed by atoms with Crippen LogP contribution in [0, 0.1) is 0 Å². The van der Waals surface area contributed by atoms with Crippen LogP contribution in [-0.2, 0) is 7.05 Å². The van der Waals surface area contributed by atoms with Gasteiger partial charge in [0.05, 0.1) is 2.74 Å². The molecule has 0 aliphatic rings. The van der Waals surface area contributed by atoms with Crippen molar-refractivity contribution in [2.45, 2.75) is 0 Å². The number of nitrogens with zero attached hydrogens (tertiary/aromatic N) is 2. The average molecular weight is 84.1 g/mol. The lowest BCUT2D eigenvalue weighted by Gasteiger charge is -1.77. The molecule has 0 amide bonds. The number of hydrogen-bond donors (Lipinski definition) is 0. The molecule has 0 spiro atoms. The van der Waals surface area contributed by atoms with Gasteiger partial charge in [0.25, 0.3) is 0 Å². The summed E-state index contributed by atoms with van der Waals surface area (Å²) < 4.78 is 15.3. The van der Waals surface area contributed by atoms with E-state index >= 15 is 0 Å². The molecule has 0 saturated heterocycles. The molecule has 0 saturated carbocycles.